The van der Waals surface area contributed by atoms with Crippen molar-refractivity contribution < 1.29 is 0 Å². The Labute approximate surface area is 71.4 Å². The summed E-state index contributed by atoms with van der Waals surface area (Å²) in [6.45, 7) is 6.96. The molecule has 0 nitrogen and oxygen atoms in total. The zero-order valence-electron chi connectivity index (χ0n) is 8.11. The molecule has 1 saturated carbocycles. The SMILES string of the molecule is CCCC1(C(C)C)[C]CCC1. The van der Waals surface area contributed by atoms with Crippen LogP contribution in [0.15, 0.2) is 0 Å². The quantitative estimate of drug-likeness (QED) is 0.578. The zero-order valence-corrected chi connectivity index (χ0v) is 8.11. The maximum Gasteiger partial charge on any atom is -0.0103 e. The number of hydrogen-bond donors (Lipinski definition) is 0. The summed E-state index contributed by atoms with van der Waals surface area (Å²) in [5.41, 5.74) is 0.495. The van der Waals surface area contributed by atoms with E-state index in [-0.39, 0.29) is 0 Å². The van der Waals surface area contributed by atoms with E-state index in [2.05, 4.69) is 27.2 Å². The van der Waals surface area contributed by atoms with Crippen LogP contribution in [0.2, 0.25) is 0 Å². The van der Waals surface area contributed by atoms with E-state index in [0.29, 0.717) is 5.41 Å². The molecule has 1 aliphatic rings. The Balaban J connectivity index is 2.55. The van der Waals surface area contributed by atoms with Crippen molar-refractivity contribution in [3.05, 3.63) is 6.42 Å². The summed E-state index contributed by atoms with van der Waals surface area (Å²) < 4.78 is 0. The highest BCUT2D eigenvalue weighted by Crippen LogP contribution is 2.46. The third-order valence-electron chi connectivity index (χ3n) is 3.08. The van der Waals surface area contributed by atoms with Crippen molar-refractivity contribution in [2.45, 2.75) is 52.9 Å². The molecule has 0 aliphatic heterocycles. The van der Waals surface area contributed by atoms with Crippen LogP contribution in [0.3, 0.4) is 0 Å². The second-order valence-electron chi connectivity index (χ2n) is 4.09. The Morgan fingerprint density at radius 1 is 1.45 bits per heavy atom. The van der Waals surface area contributed by atoms with Crippen molar-refractivity contribution in [1.29, 1.82) is 0 Å². The van der Waals surface area contributed by atoms with Crippen LogP contribution in [0.5, 0.6) is 0 Å². The van der Waals surface area contributed by atoms with E-state index in [4.69, 9.17) is 0 Å². The standard InChI is InChI=1S/C11H20/c1-4-7-11(10(2)3)8-5-6-9-11/h10H,4-8H2,1-3H3. The minimum absolute atomic E-state index is 0.495. The molecule has 11 heavy (non-hydrogen) atoms. The summed E-state index contributed by atoms with van der Waals surface area (Å²) in [5, 5.41) is 0. The summed E-state index contributed by atoms with van der Waals surface area (Å²) >= 11 is 0. The number of hydrogen-bond acceptors (Lipinski definition) is 0. The third-order valence-corrected chi connectivity index (χ3v) is 3.08. The summed E-state index contributed by atoms with van der Waals surface area (Å²) in [7, 11) is 0. The predicted octanol–water partition coefficient (Wildman–Crippen LogP) is 3.69. The van der Waals surface area contributed by atoms with Crippen LogP contribution in [-0.2, 0) is 0 Å². The summed E-state index contributed by atoms with van der Waals surface area (Å²) in [6, 6.07) is 0. The first-order chi connectivity index (χ1) is 5.21. The van der Waals surface area contributed by atoms with Crippen LogP contribution in [0.1, 0.15) is 52.9 Å². The first kappa shape index (κ1) is 9.09. The van der Waals surface area contributed by atoms with Crippen LogP contribution in [-0.4, -0.2) is 0 Å². The van der Waals surface area contributed by atoms with Gasteiger partial charge in [0.1, 0.15) is 0 Å². The van der Waals surface area contributed by atoms with Gasteiger partial charge in [-0.25, -0.2) is 0 Å². The predicted molar refractivity (Wildman–Crippen MR) is 49.3 cm³/mol. The van der Waals surface area contributed by atoms with Crippen molar-refractivity contribution >= 4 is 0 Å². The van der Waals surface area contributed by atoms with Gasteiger partial charge in [0, 0.05) is 0 Å². The smallest absolute Gasteiger partial charge is 0.0103 e. The minimum atomic E-state index is 0.495. The summed E-state index contributed by atoms with van der Waals surface area (Å²) in [4.78, 5) is 0. The minimum Gasteiger partial charge on any atom is -0.0654 e. The molecule has 0 spiro atoms. The molecule has 0 bridgehead atoms. The molecule has 2 radical (unpaired) electrons. The van der Waals surface area contributed by atoms with Gasteiger partial charge in [0.25, 0.3) is 0 Å². The lowest BCUT2D eigenvalue weighted by Crippen LogP contribution is -2.23. The van der Waals surface area contributed by atoms with E-state index in [1.165, 1.54) is 32.1 Å². The van der Waals surface area contributed by atoms with Crippen LogP contribution in [0.25, 0.3) is 0 Å². The normalized spacial score (nSPS) is 22.9. The molecule has 1 fully saturated rings. The molecule has 1 atom stereocenters. The fraction of sp³-hybridized carbons (Fsp3) is 0.909. The van der Waals surface area contributed by atoms with Gasteiger partial charge in [-0.05, 0) is 37.0 Å². The highest BCUT2D eigenvalue weighted by Gasteiger charge is 2.36. The van der Waals surface area contributed by atoms with Gasteiger partial charge in [0.2, 0.25) is 0 Å². The van der Waals surface area contributed by atoms with Crippen LogP contribution in [0.4, 0.5) is 0 Å². The fourth-order valence-electron chi connectivity index (χ4n) is 2.27. The molecule has 0 saturated heterocycles. The number of rotatable bonds is 3. The molecule has 0 heterocycles. The highest BCUT2D eigenvalue weighted by atomic mass is 14.4. The monoisotopic (exact) mass is 152 g/mol. The van der Waals surface area contributed by atoms with Crippen molar-refractivity contribution in [1.82, 2.24) is 0 Å². The summed E-state index contributed by atoms with van der Waals surface area (Å²) in [6.07, 6.45) is 10.3. The second-order valence-corrected chi connectivity index (χ2v) is 4.09. The van der Waals surface area contributed by atoms with Gasteiger partial charge in [0.05, 0.1) is 0 Å². The Kier molecular flexibility index (Phi) is 2.98. The van der Waals surface area contributed by atoms with Crippen LogP contribution < -0.4 is 0 Å². The van der Waals surface area contributed by atoms with E-state index in [0.717, 1.165) is 5.92 Å². The third kappa shape index (κ3) is 1.77. The molecule has 0 heteroatoms. The molecule has 1 rings (SSSR count). The van der Waals surface area contributed by atoms with Gasteiger partial charge in [-0.2, -0.15) is 0 Å². The van der Waals surface area contributed by atoms with Crippen LogP contribution >= 0.6 is 0 Å². The molecule has 1 unspecified atom stereocenters. The average molecular weight is 152 g/mol. The zero-order chi connectivity index (χ0) is 8.32. The van der Waals surface area contributed by atoms with E-state index in [1.807, 2.05) is 0 Å². The Bertz CT molecular complexity index is 107. The van der Waals surface area contributed by atoms with Gasteiger partial charge in [-0.15, -0.1) is 0 Å². The average Bonchev–Trinajstić information content (AvgIpc) is 2.38. The molecular formula is C11H20. The van der Waals surface area contributed by atoms with Crippen LogP contribution in [0, 0.1) is 17.8 Å². The van der Waals surface area contributed by atoms with Gasteiger partial charge in [0.15, 0.2) is 0 Å². The Morgan fingerprint density at radius 2 is 2.18 bits per heavy atom. The topological polar surface area (TPSA) is 0 Å². The molecular weight excluding hydrogens is 132 g/mol. The fourth-order valence-corrected chi connectivity index (χ4v) is 2.27. The van der Waals surface area contributed by atoms with Gasteiger partial charge >= 0.3 is 0 Å². The Hall–Kier alpha value is 0. The van der Waals surface area contributed by atoms with E-state index >= 15 is 0 Å². The van der Waals surface area contributed by atoms with Gasteiger partial charge in [-0.1, -0.05) is 33.6 Å². The van der Waals surface area contributed by atoms with Crippen molar-refractivity contribution in [2.75, 3.05) is 0 Å². The maximum absolute atomic E-state index is 3.67. The van der Waals surface area contributed by atoms with E-state index < -0.39 is 0 Å². The first-order valence-electron chi connectivity index (χ1n) is 4.96. The van der Waals surface area contributed by atoms with E-state index in [1.54, 1.807) is 0 Å². The van der Waals surface area contributed by atoms with E-state index in [9.17, 15) is 0 Å². The van der Waals surface area contributed by atoms with Gasteiger partial charge in [-0.3, -0.25) is 0 Å². The maximum atomic E-state index is 3.67. The largest absolute Gasteiger partial charge is 0.0654 e. The summed E-state index contributed by atoms with van der Waals surface area (Å²) in [5.74, 6) is 0.796. The first-order valence-corrected chi connectivity index (χ1v) is 4.96. The molecule has 0 N–H and O–H groups in total. The molecule has 64 valence electrons. The van der Waals surface area contributed by atoms with Crippen molar-refractivity contribution in [3.63, 3.8) is 0 Å². The van der Waals surface area contributed by atoms with Gasteiger partial charge < -0.3 is 0 Å². The molecule has 0 aromatic heterocycles. The lowest BCUT2D eigenvalue weighted by molar-refractivity contribution is 0.226. The Morgan fingerprint density at radius 3 is 2.55 bits per heavy atom. The second kappa shape index (κ2) is 3.60. The lowest BCUT2D eigenvalue weighted by Gasteiger charge is -2.32. The highest BCUT2D eigenvalue weighted by molar-refractivity contribution is 4.99. The van der Waals surface area contributed by atoms with Crippen molar-refractivity contribution in [3.8, 4) is 0 Å². The lowest BCUT2D eigenvalue weighted by atomic mass is 9.72. The molecule has 0 amide bonds. The molecule has 0 aromatic carbocycles. The van der Waals surface area contributed by atoms with Crippen molar-refractivity contribution in [2.24, 2.45) is 11.3 Å². The molecule has 1 aliphatic carbocycles. The molecule has 0 aromatic rings.